The summed E-state index contributed by atoms with van der Waals surface area (Å²) in [5.41, 5.74) is 0. The van der Waals surface area contributed by atoms with Crippen molar-refractivity contribution in [3.8, 4) is 0 Å². The van der Waals surface area contributed by atoms with Gasteiger partial charge in [-0.2, -0.15) is 0 Å². The van der Waals surface area contributed by atoms with E-state index in [4.69, 9.17) is 0 Å². The Morgan fingerprint density at radius 2 is 2.00 bits per heavy atom. The molecule has 0 radical (unpaired) electrons. The van der Waals surface area contributed by atoms with Gasteiger partial charge in [0.05, 0.1) is 5.75 Å². The molecule has 0 spiro atoms. The Kier molecular flexibility index (Phi) is 4.84. The predicted octanol–water partition coefficient (Wildman–Crippen LogP) is 0.458. The van der Waals surface area contributed by atoms with Crippen molar-refractivity contribution in [1.29, 1.82) is 0 Å². The maximum Gasteiger partial charge on any atom is 0.211 e. The first-order valence-corrected chi connectivity index (χ1v) is 7.00. The Hall–Kier alpha value is -0.130. The van der Waals surface area contributed by atoms with E-state index in [0.29, 0.717) is 19.0 Å². The van der Waals surface area contributed by atoms with Crippen LogP contribution in [0.1, 0.15) is 32.6 Å². The molecule has 0 unspecified atom stereocenters. The van der Waals surface area contributed by atoms with E-state index < -0.39 is 10.0 Å². The van der Waals surface area contributed by atoms with E-state index in [1.165, 1.54) is 12.8 Å². The van der Waals surface area contributed by atoms with Crippen LogP contribution in [0.5, 0.6) is 0 Å². The number of hydrogen-bond donors (Lipinski definition) is 2. The summed E-state index contributed by atoms with van der Waals surface area (Å²) in [5.74, 6) is 0.243. The Bertz CT molecular complexity index is 248. The summed E-state index contributed by atoms with van der Waals surface area (Å²) in [6.45, 7) is 3.33. The maximum atomic E-state index is 11.3. The fourth-order valence-corrected chi connectivity index (χ4v) is 2.37. The molecule has 4 nitrogen and oxygen atoms in total. The summed E-state index contributed by atoms with van der Waals surface area (Å²) in [7, 11) is -3.01. The zero-order chi connectivity index (χ0) is 10.4. The van der Waals surface area contributed by atoms with Gasteiger partial charge in [-0.25, -0.2) is 13.1 Å². The second-order valence-electron chi connectivity index (χ2n) is 3.80. The van der Waals surface area contributed by atoms with Crippen LogP contribution in [-0.4, -0.2) is 33.3 Å². The van der Waals surface area contributed by atoms with Gasteiger partial charge in [-0.05, 0) is 32.2 Å². The van der Waals surface area contributed by atoms with Crippen LogP contribution in [0, 0.1) is 0 Å². The molecule has 0 aliphatic heterocycles. The van der Waals surface area contributed by atoms with Crippen molar-refractivity contribution in [3.63, 3.8) is 0 Å². The van der Waals surface area contributed by atoms with Crippen molar-refractivity contribution in [2.45, 2.75) is 38.6 Å². The summed E-state index contributed by atoms with van der Waals surface area (Å²) in [4.78, 5) is 0. The van der Waals surface area contributed by atoms with Crippen molar-refractivity contribution >= 4 is 10.0 Å². The number of rotatable bonds is 8. The highest BCUT2D eigenvalue weighted by Gasteiger charge is 2.19. The molecule has 1 fully saturated rings. The lowest BCUT2D eigenvalue weighted by Gasteiger charge is -2.05. The van der Waals surface area contributed by atoms with E-state index in [-0.39, 0.29) is 5.75 Å². The SMILES string of the molecule is CCCNS(=O)(=O)CCCNC1CC1. The highest BCUT2D eigenvalue weighted by atomic mass is 32.2. The molecule has 0 heterocycles. The van der Waals surface area contributed by atoms with Gasteiger partial charge in [-0.3, -0.25) is 0 Å². The second kappa shape index (κ2) is 5.68. The van der Waals surface area contributed by atoms with Crippen LogP contribution in [0.25, 0.3) is 0 Å². The molecule has 0 saturated heterocycles. The predicted molar refractivity (Wildman–Crippen MR) is 57.7 cm³/mol. The molecule has 5 heteroatoms. The highest BCUT2D eigenvalue weighted by Crippen LogP contribution is 2.18. The van der Waals surface area contributed by atoms with Crippen LogP contribution < -0.4 is 10.0 Å². The summed E-state index contributed by atoms with van der Waals surface area (Å²) < 4.78 is 25.2. The zero-order valence-corrected chi connectivity index (χ0v) is 9.57. The Morgan fingerprint density at radius 3 is 2.57 bits per heavy atom. The van der Waals surface area contributed by atoms with Gasteiger partial charge in [-0.15, -0.1) is 0 Å². The Morgan fingerprint density at radius 1 is 1.29 bits per heavy atom. The quantitative estimate of drug-likeness (QED) is 0.584. The van der Waals surface area contributed by atoms with Crippen molar-refractivity contribution in [1.82, 2.24) is 10.0 Å². The second-order valence-corrected chi connectivity index (χ2v) is 5.72. The van der Waals surface area contributed by atoms with Gasteiger partial charge in [-0.1, -0.05) is 6.92 Å². The van der Waals surface area contributed by atoms with E-state index in [1.807, 2.05) is 6.92 Å². The standard InChI is InChI=1S/C9H20N2O2S/c1-2-6-11-14(12,13)8-3-7-10-9-4-5-9/h9-11H,2-8H2,1H3. The highest BCUT2D eigenvalue weighted by molar-refractivity contribution is 7.89. The first-order valence-electron chi connectivity index (χ1n) is 5.35. The van der Waals surface area contributed by atoms with Crippen LogP contribution >= 0.6 is 0 Å². The largest absolute Gasteiger partial charge is 0.314 e. The summed E-state index contributed by atoms with van der Waals surface area (Å²) in [6.07, 6.45) is 4.05. The van der Waals surface area contributed by atoms with Crippen LogP contribution in [0.3, 0.4) is 0 Å². The third-order valence-corrected chi connectivity index (χ3v) is 3.64. The zero-order valence-electron chi connectivity index (χ0n) is 8.75. The third-order valence-electron chi connectivity index (χ3n) is 2.17. The summed E-state index contributed by atoms with van der Waals surface area (Å²) in [5, 5.41) is 3.29. The summed E-state index contributed by atoms with van der Waals surface area (Å²) >= 11 is 0. The van der Waals surface area contributed by atoms with E-state index >= 15 is 0 Å². The first kappa shape index (κ1) is 11.9. The molecule has 0 atom stereocenters. The normalized spacial score (nSPS) is 17.2. The number of hydrogen-bond acceptors (Lipinski definition) is 3. The Balaban J connectivity index is 2.02. The molecule has 0 aromatic carbocycles. The minimum atomic E-state index is -3.01. The van der Waals surface area contributed by atoms with E-state index in [1.54, 1.807) is 0 Å². The Labute approximate surface area is 86.5 Å². The van der Waals surface area contributed by atoms with Crippen LogP contribution in [0.4, 0.5) is 0 Å². The lowest BCUT2D eigenvalue weighted by atomic mass is 10.5. The van der Waals surface area contributed by atoms with Gasteiger partial charge in [0.1, 0.15) is 0 Å². The molecular weight excluding hydrogens is 200 g/mol. The smallest absolute Gasteiger partial charge is 0.211 e. The van der Waals surface area contributed by atoms with Crippen molar-refractivity contribution in [2.75, 3.05) is 18.8 Å². The first-order chi connectivity index (χ1) is 6.64. The van der Waals surface area contributed by atoms with Gasteiger partial charge < -0.3 is 5.32 Å². The lowest BCUT2D eigenvalue weighted by Crippen LogP contribution is -2.29. The molecule has 1 rings (SSSR count). The van der Waals surface area contributed by atoms with Crippen LogP contribution in [0.15, 0.2) is 0 Å². The van der Waals surface area contributed by atoms with Crippen molar-refractivity contribution in [2.24, 2.45) is 0 Å². The molecule has 1 aliphatic rings. The average Bonchev–Trinajstić information content (AvgIpc) is 2.93. The van der Waals surface area contributed by atoms with E-state index in [9.17, 15) is 8.42 Å². The topological polar surface area (TPSA) is 58.2 Å². The van der Waals surface area contributed by atoms with E-state index in [2.05, 4.69) is 10.0 Å². The molecule has 0 aromatic rings. The minimum absolute atomic E-state index is 0.243. The maximum absolute atomic E-state index is 11.3. The monoisotopic (exact) mass is 220 g/mol. The van der Waals surface area contributed by atoms with Crippen LogP contribution in [0.2, 0.25) is 0 Å². The minimum Gasteiger partial charge on any atom is -0.314 e. The molecule has 0 amide bonds. The lowest BCUT2D eigenvalue weighted by molar-refractivity contribution is 0.574. The number of nitrogens with one attached hydrogen (secondary N) is 2. The van der Waals surface area contributed by atoms with Crippen molar-refractivity contribution < 1.29 is 8.42 Å². The van der Waals surface area contributed by atoms with Gasteiger partial charge in [0.2, 0.25) is 10.0 Å². The van der Waals surface area contributed by atoms with Gasteiger partial charge >= 0.3 is 0 Å². The molecule has 2 N–H and O–H groups in total. The molecule has 1 aliphatic carbocycles. The molecule has 84 valence electrons. The molecular formula is C9H20N2O2S. The molecule has 14 heavy (non-hydrogen) atoms. The number of sulfonamides is 1. The van der Waals surface area contributed by atoms with Crippen LogP contribution in [-0.2, 0) is 10.0 Å². The van der Waals surface area contributed by atoms with E-state index in [0.717, 1.165) is 13.0 Å². The molecule has 0 aromatic heterocycles. The summed E-state index contributed by atoms with van der Waals surface area (Å²) in [6, 6.07) is 0.668. The van der Waals surface area contributed by atoms with Gasteiger partial charge in [0.15, 0.2) is 0 Å². The fraction of sp³-hybridized carbons (Fsp3) is 1.00. The van der Waals surface area contributed by atoms with Gasteiger partial charge in [0.25, 0.3) is 0 Å². The van der Waals surface area contributed by atoms with Crippen molar-refractivity contribution in [3.05, 3.63) is 0 Å². The average molecular weight is 220 g/mol. The third kappa shape index (κ3) is 5.57. The molecule has 1 saturated carbocycles. The fourth-order valence-electron chi connectivity index (χ4n) is 1.19. The van der Waals surface area contributed by atoms with Gasteiger partial charge in [0, 0.05) is 12.6 Å². The molecule has 0 bridgehead atoms.